The lowest BCUT2D eigenvalue weighted by molar-refractivity contribution is 0.157. The number of methoxy groups -OCH3 is 1. The van der Waals surface area contributed by atoms with Gasteiger partial charge in [-0.05, 0) is 28.9 Å². The summed E-state index contributed by atoms with van der Waals surface area (Å²) in [6.45, 7) is 4.64. The fourth-order valence-corrected chi connectivity index (χ4v) is 4.01. The summed E-state index contributed by atoms with van der Waals surface area (Å²) >= 11 is 3.14. The molecule has 116 valence electrons. The molecule has 8 heteroatoms. The number of furan rings is 1. The van der Waals surface area contributed by atoms with E-state index in [4.69, 9.17) is 9.15 Å². The standard InChI is InChI=1S/C12H21BrN2O4S/c1-8(2)10(7-18-4)15-20(16,17)11-5-9(6-14-3)19-12(11)13/h5,8,10,14-15H,6-7H2,1-4H3. The van der Waals surface area contributed by atoms with Crippen molar-refractivity contribution in [2.24, 2.45) is 5.92 Å². The Morgan fingerprint density at radius 1 is 1.45 bits per heavy atom. The molecule has 1 rings (SSSR count). The first-order chi connectivity index (χ1) is 9.31. The van der Waals surface area contributed by atoms with Gasteiger partial charge in [-0.1, -0.05) is 13.8 Å². The summed E-state index contributed by atoms with van der Waals surface area (Å²) in [6.07, 6.45) is 0. The van der Waals surface area contributed by atoms with E-state index in [1.54, 1.807) is 14.2 Å². The SMILES string of the molecule is CNCc1cc(S(=O)(=O)NC(COC)C(C)C)c(Br)o1. The van der Waals surface area contributed by atoms with E-state index in [1.807, 2.05) is 13.8 Å². The van der Waals surface area contributed by atoms with Gasteiger partial charge in [-0.2, -0.15) is 0 Å². The van der Waals surface area contributed by atoms with Crippen LogP contribution in [-0.4, -0.2) is 35.2 Å². The Labute approximate surface area is 128 Å². The first-order valence-electron chi connectivity index (χ1n) is 6.26. The monoisotopic (exact) mass is 368 g/mol. The first-order valence-corrected chi connectivity index (χ1v) is 8.53. The van der Waals surface area contributed by atoms with Crippen LogP contribution in [0.2, 0.25) is 0 Å². The predicted molar refractivity (Wildman–Crippen MR) is 80.0 cm³/mol. The van der Waals surface area contributed by atoms with E-state index in [9.17, 15) is 8.42 Å². The maximum atomic E-state index is 12.4. The van der Waals surface area contributed by atoms with Crippen LogP contribution in [0.4, 0.5) is 0 Å². The summed E-state index contributed by atoms with van der Waals surface area (Å²) in [4.78, 5) is 0.101. The summed E-state index contributed by atoms with van der Waals surface area (Å²) in [5.41, 5.74) is 0. The van der Waals surface area contributed by atoms with Gasteiger partial charge >= 0.3 is 0 Å². The third-order valence-corrected chi connectivity index (χ3v) is 5.15. The van der Waals surface area contributed by atoms with Crippen LogP contribution in [0.15, 0.2) is 20.0 Å². The van der Waals surface area contributed by atoms with Crippen molar-refractivity contribution < 1.29 is 17.6 Å². The molecular formula is C12H21BrN2O4S. The predicted octanol–water partition coefficient (Wildman–Crippen LogP) is 1.71. The van der Waals surface area contributed by atoms with Gasteiger partial charge in [0.25, 0.3) is 0 Å². The molecule has 0 aromatic carbocycles. The Bertz CT molecular complexity index is 528. The molecule has 1 atom stereocenters. The van der Waals surface area contributed by atoms with Gasteiger partial charge in [0.05, 0.1) is 13.2 Å². The zero-order valence-electron chi connectivity index (χ0n) is 12.1. The molecule has 0 aliphatic carbocycles. The molecule has 0 fully saturated rings. The smallest absolute Gasteiger partial charge is 0.245 e. The molecule has 0 bridgehead atoms. The fourth-order valence-electron chi connectivity index (χ4n) is 1.65. The zero-order chi connectivity index (χ0) is 15.3. The van der Waals surface area contributed by atoms with Crippen molar-refractivity contribution in [3.05, 3.63) is 16.5 Å². The molecule has 1 aromatic rings. The third kappa shape index (κ3) is 4.56. The molecule has 0 spiro atoms. The second-order valence-corrected chi connectivity index (χ2v) is 7.21. The molecule has 0 aliphatic heterocycles. The highest BCUT2D eigenvalue weighted by Crippen LogP contribution is 2.26. The molecule has 1 unspecified atom stereocenters. The van der Waals surface area contributed by atoms with E-state index >= 15 is 0 Å². The maximum Gasteiger partial charge on any atom is 0.245 e. The number of nitrogens with one attached hydrogen (secondary N) is 2. The van der Waals surface area contributed by atoms with E-state index in [0.29, 0.717) is 18.9 Å². The highest BCUT2D eigenvalue weighted by atomic mass is 79.9. The molecule has 2 N–H and O–H groups in total. The van der Waals surface area contributed by atoms with Crippen molar-refractivity contribution >= 4 is 26.0 Å². The molecule has 0 saturated heterocycles. The lowest BCUT2D eigenvalue weighted by Gasteiger charge is -2.20. The van der Waals surface area contributed by atoms with Gasteiger partial charge in [-0.3, -0.25) is 0 Å². The van der Waals surface area contributed by atoms with Crippen LogP contribution < -0.4 is 10.0 Å². The quantitative estimate of drug-likeness (QED) is 0.729. The van der Waals surface area contributed by atoms with Crippen molar-refractivity contribution in [2.75, 3.05) is 20.8 Å². The Morgan fingerprint density at radius 3 is 2.60 bits per heavy atom. The average Bonchev–Trinajstić information content (AvgIpc) is 2.71. The minimum Gasteiger partial charge on any atom is -0.452 e. The number of sulfonamides is 1. The van der Waals surface area contributed by atoms with Crippen LogP contribution in [0.3, 0.4) is 0 Å². The molecule has 0 aliphatic rings. The van der Waals surface area contributed by atoms with E-state index < -0.39 is 10.0 Å². The Morgan fingerprint density at radius 2 is 2.10 bits per heavy atom. The van der Waals surface area contributed by atoms with Crippen LogP contribution in [-0.2, 0) is 21.3 Å². The van der Waals surface area contributed by atoms with E-state index in [2.05, 4.69) is 26.0 Å². The van der Waals surface area contributed by atoms with Crippen LogP contribution >= 0.6 is 15.9 Å². The minimum absolute atomic E-state index is 0.101. The Balaban J connectivity index is 2.97. The van der Waals surface area contributed by atoms with Crippen molar-refractivity contribution in [2.45, 2.75) is 31.3 Å². The minimum atomic E-state index is -3.65. The zero-order valence-corrected chi connectivity index (χ0v) is 14.5. The van der Waals surface area contributed by atoms with Crippen molar-refractivity contribution in [1.29, 1.82) is 0 Å². The Kier molecular flexibility index (Phi) is 6.67. The number of hydrogen-bond donors (Lipinski definition) is 2. The van der Waals surface area contributed by atoms with Gasteiger partial charge in [-0.15, -0.1) is 0 Å². The number of rotatable bonds is 8. The van der Waals surface area contributed by atoms with Gasteiger partial charge in [0.1, 0.15) is 10.7 Å². The summed E-state index contributed by atoms with van der Waals surface area (Å²) in [5.74, 6) is 0.666. The van der Waals surface area contributed by atoms with E-state index in [1.165, 1.54) is 6.07 Å². The van der Waals surface area contributed by atoms with Crippen LogP contribution in [0, 0.1) is 5.92 Å². The van der Waals surface area contributed by atoms with E-state index in [0.717, 1.165) is 0 Å². The molecule has 6 nitrogen and oxygen atoms in total. The topological polar surface area (TPSA) is 80.6 Å². The second-order valence-electron chi connectivity index (χ2n) is 4.81. The fraction of sp³-hybridized carbons (Fsp3) is 0.667. The van der Waals surface area contributed by atoms with E-state index in [-0.39, 0.29) is 21.5 Å². The summed E-state index contributed by atoms with van der Waals surface area (Å²) in [7, 11) is -0.349. The number of halogens is 1. The largest absolute Gasteiger partial charge is 0.452 e. The van der Waals surface area contributed by atoms with Crippen molar-refractivity contribution in [3.63, 3.8) is 0 Å². The summed E-state index contributed by atoms with van der Waals surface area (Å²) in [5, 5.41) is 2.91. The van der Waals surface area contributed by atoms with Crippen LogP contribution in [0.1, 0.15) is 19.6 Å². The molecule has 0 amide bonds. The van der Waals surface area contributed by atoms with Crippen LogP contribution in [0.5, 0.6) is 0 Å². The summed E-state index contributed by atoms with van der Waals surface area (Å²) in [6, 6.07) is 1.21. The third-order valence-electron chi connectivity index (χ3n) is 2.80. The summed E-state index contributed by atoms with van der Waals surface area (Å²) < 4.78 is 38.0. The average molecular weight is 369 g/mol. The lowest BCUT2D eigenvalue weighted by Crippen LogP contribution is -2.41. The molecular weight excluding hydrogens is 348 g/mol. The molecule has 0 radical (unpaired) electrons. The molecule has 20 heavy (non-hydrogen) atoms. The molecule has 0 saturated carbocycles. The van der Waals surface area contributed by atoms with Crippen LogP contribution in [0.25, 0.3) is 0 Å². The second kappa shape index (κ2) is 7.56. The van der Waals surface area contributed by atoms with Gasteiger partial charge in [-0.25, -0.2) is 13.1 Å². The molecule has 1 aromatic heterocycles. The first kappa shape index (κ1) is 17.6. The molecule has 1 heterocycles. The highest BCUT2D eigenvalue weighted by molar-refractivity contribution is 9.10. The van der Waals surface area contributed by atoms with Gasteiger partial charge in [0.2, 0.25) is 10.0 Å². The highest BCUT2D eigenvalue weighted by Gasteiger charge is 2.27. The van der Waals surface area contributed by atoms with Gasteiger partial charge in [0, 0.05) is 19.2 Å². The van der Waals surface area contributed by atoms with Crippen molar-refractivity contribution in [3.8, 4) is 0 Å². The lowest BCUT2D eigenvalue weighted by atomic mass is 10.1. The normalized spacial score (nSPS) is 13.9. The van der Waals surface area contributed by atoms with Crippen molar-refractivity contribution in [1.82, 2.24) is 10.0 Å². The van der Waals surface area contributed by atoms with Gasteiger partial charge < -0.3 is 14.5 Å². The number of hydrogen-bond acceptors (Lipinski definition) is 5. The maximum absolute atomic E-state index is 12.4. The Hall–Kier alpha value is -0.410. The van der Waals surface area contributed by atoms with Gasteiger partial charge in [0.15, 0.2) is 4.67 Å². The number of ether oxygens (including phenoxy) is 1.